The molecule has 418 valence electrons. The molecule has 28 atom stereocenters. The van der Waals surface area contributed by atoms with E-state index in [1.807, 2.05) is 0 Å². The molecule has 8 fully saturated rings. The van der Waals surface area contributed by atoms with Gasteiger partial charge in [0.2, 0.25) is 6.29 Å². The minimum Gasteiger partial charge on any atom is -0.432 e. The second-order valence-corrected chi connectivity index (χ2v) is 24.8. The maximum atomic E-state index is 14.8. The Labute approximate surface area is 426 Å². The molecule has 9 aliphatic rings. The molecule has 0 radical (unpaired) electrons. The summed E-state index contributed by atoms with van der Waals surface area (Å²) >= 11 is 0. The normalized spacial score (nSPS) is 55.0. The van der Waals surface area contributed by atoms with Gasteiger partial charge in [-0.1, -0.05) is 60.1 Å². The average Bonchev–Trinajstić information content (AvgIpc) is 3.35. The van der Waals surface area contributed by atoms with Crippen LogP contribution in [0.5, 0.6) is 0 Å². The van der Waals surface area contributed by atoms with Gasteiger partial charge in [0, 0.05) is 0 Å². The van der Waals surface area contributed by atoms with Gasteiger partial charge in [0.25, 0.3) is 0 Å². The van der Waals surface area contributed by atoms with Crippen molar-refractivity contribution in [2.75, 3.05) is 26.4 Å². The van der Waals surface area contributed by atoms with Gasteiger partial charge in [-0.15, -0.1) is 0 Å². The van der Waals surface area contributed by atoms with Crippen LogP contribution in [-0.2, 0) is 42.7 Å². The summed E-state index contributed by atoms with van der Waals surface area (Å²) in [6.07, 6.45) is -19.6. The van der Waals surface area contributed by atoms with Gasteiger partial charge in [0.05, 0.1) is 37.9 Å². The van der Waals surface area contributed by atoms with Gasteiger partial charge < -0.3 is 99.2 Å². The van der Waals surface area contributed by atoms with Gasteiger partial charge in [0.1, 0.15) is 85.5 Å². The maximum absolute atomic E-state index is 14.8. The van der Waals surface area contributed by atoms with Gasteiger partial charge in [-0.05, 0) is 109 Å². The van der Waals surface area contributed by atoms with Crippen LogP contribution in [0.2, 0.25) is 0 Å². The number of hydrogen-bond donors (Lipinski definition) is 12. The summed E-state index contributed by atoms with van der Waals surface area (Å²) in [4.78, 5) is 14.8. The van der Waals surface area contributed by atoms with Gasteiger partial charge in [-0.2, -0.15) is 0 Å². The third-order valence-electron chi connectivity index (χ3n) is 21.0. The average molecular weight is 1050 g/mol. The minimum atomic E-state index is -1.84. The number of carbonyl (C=O) groups excluding carboxylic acids is 1. The molecule has 5 aliphatic carbocycles. The van der Waals surface area contributed by atoms with E-state index >= 15 is 0 Å². The van der Waals surface area contributed by atoms with Crippen LogP contribution < -0.4 is 0 Å². The molecule has 0 spiro atoms. The number of fused-ring (bicyclic) bond motifs is 7. The first-order valence-electron chi connectivity index (χ1n) is 26.8. The fourth-order valence-electron chi connectivity index (χ4n) is 16.2. The van der Waals surface area contributed by atoms with Gasteiger partial charge >= 0.3 is 5.97 Å². The van der Waals surface area contributed by atoms with E-state index in [1.165, 1.54) is 5.57 Å². The third kappa shape index (κ3) is 9.01. The number of esters is 1. The molecule has 0 unspecified atom stereocenters. The third-order valence-corrected chi connectivity index (χ3v) is 21.0. The lowest BCUT2D eigenvalue weighted by atomic mass is 9.33. The van der Waals surface area contributed by atoms with E-state index in [1.54, 1.807) is 0 Å². The van der Waals surface area contributed by atoms with Crippen LogP contribution in [0.4, 0.5) is 0 Å². The molecule has 4 saturated heterocycles. The zero-order chi connectivity index (χ0) is 53.1. The highest BCUT2D eigenvalue weighted by molar-refractivity contribution is 5.79. The van der Waals surface area contributed by atoms with Crippen LogP contribution >= 0.6 is 0 Å². The number of aliphatic hydroxyl groups is 12. The highest BCUT2D eigenvalue weighted by Crippen LogP contribution is 2.76. The summed E-state index contributed by atoms with van der Waals surface area (Å²) in [5.41, 5.74) is -0.825. The van der Waals surface area contributed by atoms with Crippen LogP contribution in [0.3, 0.4) is 0 Å². The summed E-state index contributed by atoms with van der Waals surface area (Å²) in [7, 11) is 0. The van der Waals surface area contributed by atoms with Gasteiger partial charge in [-0.3, -0.25) is 4.79 Å². The number of carbonyl (C=O) groups is 1. The lowest BCUT2D eigenvalue weighted by Crippen LogP contribution is -2.67. The first-order chi connectivity index (χ1) is 34.3. The van der Waals surface area contributed by atoms with E-state index in [9.17, 15) is 66.1 Å². The Hall–Kier alpha value is -1.55. The van der Waals surface area contributed by atoms with Gasteiger partial charge in [-0.25, -0.2) is 0 Å². The Morgan fingerprint density at radius 1 is 0.603 bits per heavy atom. The number of hydrogen-bond acceptors (Lipinski definition) is 21. The van der Waals surface area contributed by atoms with Crippen molar-refractivity contribution in [1.82, 2.24) is 0 Å². The molecule has 0 amide bonds. The summed E-state index contributed by atoms with van der Waals surface area (Å²) in [6, 6.07) is 0. The second kappa shape index (κ2) is 20.6. The Kier molecular flexibility index (Phi) is 15.8. The van der Waals surface area contributed by atoms with E-state index in [-0.39, 0.29) is 46.5 Å². The predicted octanol–water partition coefficient (Wildman–Crippen LogP) is -0.901. The monoisotopic (exact) mass is 1040 g/mol. The molecule has 0 bridgehead atoms. The van der Waals surface area contributed by atoms with Crippen LogP contribution in [0.15, 0.2) is 11.6 Å². The molecule has 4 saturated carbocycles. The highest BCUT2D eigenvalue weighted by atomic mass is 16.8. The van der Waals surface area contributed by atoms with Crippen molar-refractivity contribution < 1.29 is 104 Å². The largest absolute Gasteiger partial charge is 0.432 e. The van der Waals surface area contributed by atoms with Crippen molar-refractivity contribution in [1.29, 1.82) is 0 Å². The molecule has 21 heteroatoms. The van der Waals surface area contributed by atoms with Crippen molar-refractivity contribution in [3.8, 4) is 0 Å². The zero-order valence-corrected chi connectivity index (χ0v) is 43.2. The summed E-state index contributed by atoms with van der Waals surface area (Å²) < 4.78 is 48.6. The summed E-state index contributed by atoms with van der Waals surface area (Å²) in [5.74, 6) is 0.119. The molecule has 9 rings (SSSR count). The quantitative estimate of drug-likeness (QED) is 0.0717. The minimum absolute atomic E-state index is 0.113. The molecule has 4 aliphatic heterocycles. The molecular formula is C52H84O21. The van der Waals surface area contributed by atoms with Crippen LogP contribution in [0, 0.1) is 56.7 Å². The maximum Gasteiger partial charge on any atom is 0.315 e. The smallest absolute Gasteiger partial charge is 0.315 e. The molecular weight excluding hydrogens is 961 g/mol. The highest BCUT2D eigenvalue weighted by Gasteiger charge is 2.70. The van der Waals surface area contributed by atoms with E-state index in [4.69, 9.17) is 37.9 Å². The number of rotatable bonds is 10. The van der Waals surface area contributed by atoms with E-state index in [0.29, 0.717) is 25.2 Å². The first-order valence-corrected chi connectivity index (χ1v) is 26.8. The Morgan fingerprint density at radius 3 is 1.85 bits per heavy atom. The van der Waals surface area contributed by atoms with Crippen LogP contribution in [0.25, 0.3) is 0 Å². The Balaban J connectivity index is 0.974. The molecule has 0 aromatic carbocycles. The fraction of sp³-hybridized carbons (Fsp3) is 0.942. The van der Waals surface area contributed by atoms with E-state index in [0.717, 1.165) is 38.5 Å². The fourth-order valence-corrected chi connectivity index (χ4v) is 16.2. The van der Waals surface area contributed by atoms with Crippen molar-refractivity contribution in [2.45, 2.75) is 223 Å². The number of ether oxygens (including phenoxy) is 8. The second-order valence-electron chi connectivity index (χ2n) is 24.8. The SMILES string of the molecule is C[C@H]1[C@H](C)CC[C@]2(C(=O)O[C@@H]3O[C@H](CO)[C@@H](O)[C@H](O)[C@H]3O)CC[C@]3(C)C(=CC[C@@H]4[C@@]5(C)CC[C@@H](O[C@@H]6OC[C@H](O)[C@H](O[C@@H]7OC[C@H](O)[C@H](O)[C@H]7O)[C@H]6O[C@@H]6O[C@H](CO)[C@@H](O)[C@H](O)[C@H]6O)C(C)(C)[C@@H]5CC[C@]43C)[C@H]12. The lowest BCUT2D eigenvalue weighted by Gasteiger charge is -2.71. The predicted molar refractivity (Wildman–Crippen MR) is 251 cm³/mol. The molecule has 12 N–H and O–H groups in total. The van der Waals surface area contributed by atoms with Crippen molar-refractivity contribution in [2.24, 2.45) is 56.7 Å². The Bertz CT molecular complexity index is 1990. The van der Waals surface area contributed by atoms with Crippen molar-refractivity contribution in [3.05, 3.63) is 11.6 Å². The van der Waals surface area contributed by atoms with Gasteiger partial charge in [0.15, 0.2) is 18.9 Å². The standard InChI is InChI=1S/C52H84O21/c1-22-10-15-52(47(65)73-45-40(64)37(61)35(59)28(19-54)69-45)17-16-50(6)24(32(52)23(22)2)8-9-30-49(5)13-12-31(48(3,4)29(49)11-14-51(30,50)7)70-46-42(72-44-39(63)36(60)34(58)27(18-53)68-44)41(26(56)21-67-46)71-43-38(62)33(57)25(55)20-66-43/h8,22-23,25-46,53-64H,9-21H2,1-7H3/t22-,23+,25+,26+,27-,28-,29+,30-,31-,32+,33+,34-,35-,36+,37+,38-,39-,40-,41+,42-,43+,44+,45+,46+,49+,50-,51-,52+/m1/s1. The summed E-state index contributed by atoms with van der Waals surface area (Å²) in [5, 5.41) is 127. The van der Waals surface area contributed by atoms with Crippen LogP contribution in [-0.4, -0.2) is 210 Å². The van der Waals surface area contributed by atoms with Crippen LogP contribution in [0.1, 0.15) is 106 Å². The molecule has 0 aromatic rings. The van der Waals surface area contributed by atoms with E-state index in [2.05, 4.69) is 54.5 Å². The van der Waals surface area contributed by atoms with E-state index < -0.39 is 153 Å². The number of aliphatic hydroxyl groups excluding tert-OH is 12. The lowest BCUT2D eigenvalue weighted by molar-refractivity contribution is -0.385. The molecule has 0 aromatic heterocycles. The molecule has 4 heterocycles. The molecule has 21 nitrogen and oxygen atoms in total. The topological polar surface area (TPSA) is 334 Å². The van der Waals surface area contributed by atoms with Crippen molar-refractivity contribution >= 4 is 5.97 Å². The molecule has 73 heavy (non-hydrogen) atoms. The first kappa shape index (κ1) is 56.2. The Morgan fingerprint density at radius 2 is 1.19 bits per heavy atom. The zero-order valence-electron chi connectivity index (χ0n) is 43.2. The number of allylic oxidation sites excluding steroid dienone is 2. The summed E-state index contributed by atoms with van der Waals surface area (Å²) in [6.45, 7) is 14.0. The van der Waals surface area contributed by atoms with Crippen molar-refractivity contribution in [3.63, 3.8) is 0 Å².